The Kier molecular flexibility index (Phi) is 8.48. The molecule has 7 nitrogen and oxygen atoms in total. The first-order valence-corrected chi connectivity index (χ1v) is 10.8. The standard InChI is InChI=1S/C24H35NO6/c1-17(14-30-21(27)19-9-7-6-8-10-19)31-22(28)25-16-24(4)13-18(11-20(26)29-5)12-23(2,3)15-24/h6-10,17-18H,11-16H2,1-5H3,(H,25,28). The van der Waals surface area contributed by atoms with Gasteiger partial charge in [0, 0.05) is 13.0 Å². The zero-order chi connectivity index (χ0) is 23.1. The summed E-state index contributed by atoms with van der Waals surface area (Å²) >= 11 is 0. The molecular formula is C24H35NO6. The first-order valence-electron chi connectivity index (χ1n) is 10.8. The number of hydrogen-bond acceptors (Lipinski definition) is 6. The molecule has 172 valence electrons. The summed E-state index contributed by atoms with van der Waals surface area (Å²) in [6.45, 7) is 8.61. The third-order valence-corrected chi connectivity index (χ3v) is 5.64. The van der Waals surface area contributed by atoms with Gasteiger partial charge < -0.3 is 19.5 Å². The van der Waals surface area contributed by atoms with E-state index in [0.717, 1.165) is 19.3 Å². The van der Waals surface area contributed by atoms with Crippen LogP contribution in [0.3, 0.4) is 0 Å². The summed E-state index contributed by atoms with van der Waals surface area (Å²) in [7, 11) is 1.41. The number of rotatable bonds is 8. The number of hydrogen-bond donors (Lipinski definition) is 1. The Hall–Kier alpha value is -2.57. The quantitative estimate of drug-likeness (QED) is 0.484. The van der Waals surface area contributed by atoms with E-state index in [1.54, 1.807) is 31.2 Å². The second-order valence-corrected chi connectivity index (χ2v) is 9.74. The number of carbonyl (C=O) groups excluding carboxylic acids is 3. The molecule has 0 heterocycles. The third-order valence-electron chi connectivity index (χ3n) is 5.64. The molecule has 2 rings (SSSR count). The number of methoxy groups -OCH3 is 1. The van der Waals surface area contributed by atoms with Crippen LogP contribution in [0, 0.1) is 16.7 Å². The Labute approximate surface area is 184 Å². The van der Waals surface area contributed by atoms with Crippen LogP contribution < -0.4 is 5.32 Å². The van der Waals surface area contributed by atoms with E-state index in [-0.39, 0.29) is 29.3 Å². The maximum absolute atomic E-state index is 12.3. The fraction of sp³-hybridized carbons (Fsp3) is 0.625. The minimum atomic E-state index is -0.574. The van der Waals surface area contributed by atoms with Crippen molar-refractivity contribution in [1.29, 1.82) is 0 Å². The summed E-state index contributed by atoms with van der Waals surface area (Å²) in [6.07, 6.45) is 1.99. The number of carbonyl (C=O) groups is 3. The molecule has 1 aromatic rings. The van der Waals surface area contributed by atoms with Crippen molar-refractivity contribution < 1.29 is 28.6 Å². The van der Waals surface area contributed by atoms with Gasteiger partial charge in [0.05, 0.1) is 12.7 Å². The molecule has 0 aliphatic heterocycles. The number of nitrogens with one attached hydrogen (secondary N) is 1. The van der Waals surface area contributed by atoms with E-state index in [1.807, 2.05) is 6.07 Å². The topological polar surface area (TPSA) is 90.9 Å². The number of alkyl carbamates (subject to hydrolysis) is 1. The average Bonchev–Trinajstić information content (AvgIpc) is 2.69. The largest absolute Gasteiger partial charge is 0.469 e. The Morgan fingerprint density at radius 2 is 1.81 bits per heavy atom. The van der Waals surface area contributed by atoms with Crippen LogP contribution in [-0.4, -0.2) is 44.4 Å². The maximum Gasteiger partial charge on any atom is 0.407 e. The molecule has 31 heavy (non-hydrogen) atoms. The lowest BCUT2D eigenvalue weighted by molar-refractivity contribution is -0.142. The highest BCUT2D eigenvalue weighted by Gasteiger charge is 2.42. The monoisotopic (exact) mass is 433 g/mol. The minimum Gasteiger partial charge on any atom is -0.469 e. The third kappa shape index (κ3) is 8.23. The molecule has 3 unspecified atom stereocenters. The lowest BCUT2D eigenvalue weighted by atomic mass is 9.60. The van der Waals surface area contributed by atoms with E-state index < -0.39 is 18.2 Å². The number of esters is 2. The summed E-state index contributed by atoms with van der Waals surface area (Å²) in [6, 6.07) is 8.67. The number of amides is 1. The smallest absolute Gasteiger partial charge is 0.407 e. The number of ether oxygens (including phenoxy) is 3. The first-order chi connectivity index (χ1) is 14.5. The van der Waals surface area contributed by atoms with E-state index in [4.69, 9.17) is 14.2 Å². The highest BCUT2D eigenvalue weighted by Crippen LogP contribution is 2.49. The molecule has 0 radical (unpaired) electrons. The molecule has 1 aliphatic rings. The van der Waals surface area contributed by atoms with Gasteiger partial charge in [-0.05, 0) is 55.1 Å². The highest BCUT2D eigenvalue weighted by atomic mass is 16.6. The van der Waals surface area contributed by atoms with Crippen LogP contribution in [-0.2, 0) is 19.0 Å². The summed E-state index contributed by atoms with van der Waals surface area (Å²) < 4.78 is 15.4. The summed E-state index contributed by atoms with van der Waals surface area (Å²) in [4.78, 5) is 36.0. The van der Waals surface area contributed by atoms with Gasteiger partial charge in [-0.15, -0.1) is 0 Å². The fourth-order valence-electron chi connectivity index (χ4n) is 4.84. The average molecular weight is 434 g/mol. The SMILES string of the molecule is COC(=O)CC1CC(C)(C)CC(C)(CNC(=O)OC(C)COC(=O)c2ccccc2)C1. The lowest BCUT2D eigenvalue weighted by Gasteiger charge is -2.46. The molecule has 7 heteroatoms. The molecule has 0 saturated heterocycles. The van der Waals surface area contributed by atoms with Gasteiger partial charge >= 0.3 is 18.0 Å². The van der Waals surface area contributed by atoms with Crippen LogP contribution in [0.25, 0.3) is 0 Å². The highest BCUT2D eigenvalue weighted by molar-refractivity contribution is 5.89. The van der Waals surface area contributed by atoms with E-state index >= 15 is 0 Å². The van der Waals surface area contributed by atoms with Crippen molar-refractivity contribution in [1.82, 2.24) is 5.32 Å². The Bertz CT molecular complexity index is 763. The Morgan fingerprint density at radius 3 is 2.45 bits per heavy atom. The van der Waals surface area contributed by atoms with Gasteiger partial charge in [-0.2, -0.15) is 0 Å². The van der Waals surface area contributed by atoms with Crippen molar-refractivity contribution in [3.63, 3.8) is 0 Å². The lowest BCUT2D eigenvalue weighted by Crippen LogP contribution is -2.44. The van der Waals surface area contributed by atoms with Gasteiger partial charge in [0.15, 0.2) is 0 Å². The second-order valence-electron chi connectivity index (χ2n) is 9.74. The van der Waals surface area contributed by atoms with Crippen molar-refractivity contribution in [3.8, 4) is 0 Å². The Balaban J connectivity index is 1.80. The van der Waals surface area contributed by atoms with Crippen molar-refractivity contribution in [3.05, 3.63) is 35.9 Å². The minimum absolute atomic E-state index is 0.0212. The molecule has 1 aromatic carbocycles. The van der Waals surface area contributed by atoms with Crippen LogP contribution >= 0.6 is 0 Å². The van der Waals surface area contributed by atoms with Gasteiger partial charge in [-0.25, -0.2) is 9.59 Å². The number of benzene rings is 1. The van der Waals surface area contributed by atoms with E-state index in [1.165, 1.54) is 7.11 Å². The fourth-order valence-corrected chi connectivity index (χ4v) is 4.84. The molecule has 3 atom stereocenters. The molecular weight excluding hydrogens is 398 g/mol. The van der Waals surface area contributed by atoms with Crippen LogP contribution in [0.2, 0.25) is 0 Å². The van der Waals surface area contributed by atoms with Gasteiger partial charge in [-0.3, -0.25) is 4.79 Å². The van der Waals surface area contributed by atoms with Crippen molar-refractivity contribution >= 4 is 18.0 Å². The van der Waals surface area contributed by atoms with E-state index in [0.29, 0.717) is 18.5 Å². The summed E-state index contributed by atoms with van der Waals surface area (Å²) in [5, 5.41) is 2.85. The predicted octanol–water partition coefficient (Wildman–Crippen LogP) is 4.35. The van der Waals surface area contributed by atoms with E-state index in [9.17, 15) is 14.4 Å². The van der Waals surface area contributed by atoms with Gasteiger partial charge in [0.25, 0.3) is 0 Å². The van der Waals surface area contributed by atoms with Gasteiger partial charge in [-0.1, -0.05) is 39.0 Å². The van der Waals surface area contributed by atoms with Crippen molar-refractivity contribution in [2.45, 2.75) is 59.5 Å². The summed E-state index contributed by atoms with van der Waals surface area (Å²) in [5.41, 5.74) is 0.368. The molecule has 1 fully saturated rings. The molecule has 1 saturated carbocycles. The van der Waals surface area contributed by atoms with E-state index in [2.05, 4.69) is 26.1 Å². The second kappa shape index (κ2) is 10.6. The molecule has 0 aromatic heterocycles. The van der Waals surface area contributed by atoms with Crippen molar-refractivity contribution in [2.75, 3.05) is 20.3 Å². The zero-order valence-electron chi connectivity index (χ0n) is 19.2. The van der Waals surface area contributed by atoms with Gasteiger partial charge in [0.1, 0.15) is 12.7 Å². The molecule has 1 amide bonds. The van der Waals surface area contributed by atoms with Gasteiger partial charge in [0.2, 0.25) is 0 Å². The van der Waals surface area contributed by atoms with Crippen LogP contribution in [0.1, 0.15) is 63.7 Å². The zero-order valence-corrected chi connectivity index (χ0v) is 19.2. The normalized spacial score (nSPS) is 23.3. The first kappa shape index (κ1) is 24.7. The van der Waals surface area contributed by atoms with Crippen LogP contribution in [0.4, 0.5) is 4.79 Å². The maximum atomic E-state index is 12.3. The van der Waals surface area contributed by atoms with Crippen LogP contribution in [0.15, 0.2) is 30.3 Å². The molecule has 1 aliphatic carbocycles. The van der Waals surface area contributed by atoms with Crippen molar-refractivity contribution in [2.24, 2.45) is 16.7 Å². The molecule has 1 N–H and O–H groups in total. The Morgan fingerprint density at radius 1 is 1.13 bits per heavy atom. The van der Waals surface area contributed by atoms with Crippen LogP contribution in [0.5, 0.6) is 0 Å². The summed E-state index contributed by atoms with van der Waals surface area (Å²) in [5.74, 6) is -0.434. The predicted molar refractivity (Wildman–Crippen MR) is 117 cm³/mol. The molecule has 0 spiro atoms. The molecule has 0 bridgehead atoms.